The highest BCUT2D eigenvalue weighted by Crippen LogP contribution is 2.20. The number of benzene rings is 1. The maximum absolute atomic E-state index is 12.6. The van der Waals surface area contributed by atoms with Crippen LogP contribution in [0.4, 0.5) is 17.6 Å². The highest BCUT2D eigenvalue weighted by atomic mass is 19.4. The summed E-state index contributed by atoms with van der Waals surface area (Å²) in [4.78, 5) is 0. The van der Waals surface area contributed by atoms with E-state index in [4.69, 9.17) is 5.11 Å². The highest BCUT2D eigenvalue weighted by Gasteiger charge is 2.37. The zero-order valence-electron chi connectivity index (χ0n) is 9.13. The van der Waals surface area contributed by atoms with E-state index in [1.165, 1.54) is 24.3 Å². The summed E-state index contributed by atoms with van der Waals surface area (Å²) in [5, 5.41) is 11.3. The first kappa shape index (κ1) is 13.9. The van der Waals surface area contributed by atoms with E-state index in [0.717, 1.165) is 0 Å². The minimum atomic E-state index is -4.63. The third-order valence-corrected chi connectivity index (χ3v) is 2.37. The third kappa shape index (κ3) is 4.32. The van der Waals surface area contributed by atoms with Gasteiger partial charge in [0.2, 0.25) is 0 Å². The van der Waals surface area contributed by atoms with E-state index >= 15 is 0 Å². The van der Waals surface area contributed by atoms with Crippen LogP contribution in [-0.4, -0.2) is 23.9 Å². The van der Waals surface area contributed by atoms with E-state index in [1.54, 1.807) is 6.92 Å². The molecule has 0 saturated carbocycles. The number of rotatable bonds is 4. The van der Waals surface area contributed by atoms with Gasteiger partial charge in [-0.2, -0.15) is 13.2 Å². The summed E-state index contributed by atoms with van der Waals surface area (Å²) in [6.07, 6.45) is -7.03. The molecule has 0 aliphatic rings. The maximum Gasteiger partial charge on any atom is 0.415 e. The Morgan fingerprint density at radius 3 is 2.24 bits per heavy atom. The summed E-state index contributed by atoms with van der Waals surface area (Å²) in [6, 6.07) is 5.02. The van der Waals surface area contributed by atoms with Crippen LogP contribution >= 0.6 is 0 Å². The number of hydrogen-bond acceptors (Lipinski definition) is 2. The number of hydrogen-bond donors (Lipinski definition) is 2. The Bertz CT molecular complexity index is 349. The first-order valence-corrected chi connectivity index (χ1v) is 5.04. The second-order valence-corrected chi connectivity index (χ2v) is 3.74. The molecule has 0 heterocycles. The molecule has 96 valence electrons. The number of aliphatic hydroxyl groups excluding tert-OH is 1. The molecular weight excluding hydrogens is 238 g/mol. The van der Waals surface area contributed by atoms with Crippen LogP contribution in [0.3, 0.4) is 0 Å². The lowest BCUT2D eigenvalue weighted by molar-refractivity contribution is -0.202. The van der Waals surface area contributed by atoms with Crippen molar-refractivity contribution in [3.8, 4) is 0 Å². The summed E-state index contributed by atoms with van der Waals surface area (Å²) in [5.41, 5.74) is 0.653. The van der Waals surface area contributed by atoms with Gasteiger partial charge in [-0.15, -0.1) is 0 Å². The molecule has 0 aromatic heterocycles. The fourth-order valence-corrected chi connectivity index (χ4v) is 1.27. The van der Waals surface area contributed by atoms with Crippen LogP contribution < -0.4 is 5.32 Å². The molecular formula is C11H13F4NO. The van der Waals surface area contributed by atoms with E-state index in [1.807, 2.05) is 0 Å². The van der Waals surface area contributed by atoms with Crippen LogP contribution in [0, 0.1) is 5.82 Å². The molecule has 0 amide bonds. The molecule has 0 saturated heterocycles. The monoisotopic (exact) mass is 251 g/mol. The molecule has 6 heteroatoms. The van der Waals surface area contributed by atoms with E-state index < -0.39 is 30.7 Å². The Labute approximate surface area is 96.3 Å². The van der Waals surface area contributed by atoms with Gasteiger partial charge in [-0.1, -0.05) is 12.1 Å². The molecule has 0 aliphatic carbocycles. The Hall–Kier alpha value is -1.14. The molecule has 1 rings (SSSR count). The molecule has 2 nitrogen and oxygen atoms in total. The summed E-state index contributed by atoms with van der Waals surface area (Å²) in [7, 11) is 0. The average molecular weight is 251 g/mol. The van der Waals surface area contributed by atoms with E-state index in [9.17, 15) is 17.6 Å². The topological polar surface area (TPSA) is 32.3 Å². The molecule has 2 N–H and O–H groups in total. The summed E-state index contributed by atoms with van der Waals surface area (Å²) < 4.78 is 48.7. The smallest absolute Gasteiger partial charge is 0.382 e. The van der Waals surface area contributed by atoms with Crippen LogP contribution in [0.1, 0.15) is 18.5 Å². The van der Waals surface area contributed by atoms with E-state index in [0.29, 0.717) is 5.56 Å². The normalized spacial score (nSPS) is 15.6. The van der Waals surface area contributed by atoms with Gasteiger partial charge in [0.1, 0.15) is 5.82 Å². The Morgan fingerprint density at radius 1 is 1.24 bits per heavy atom. The first-order chi connectivity index (χ1) is 7.80. The standard InChI is InChI=1S/C11H13F4NO/c1-7(8-2-4-9(12)5-3-8)16-6-10(17)11(13,14)15/h2-5,7,10,16-17H,6H2,1H3/t7-,10?/m0/s1. The minimum absolute atomic E-state index is 0.396. The summed E-state index contributed by atoms with van der Waals surface area (Å²) in [6.45, 7) is 1.04. The summed E-state index contributed by atoms with van der Waals surface area (Å²) in [5.74, 6) is -0.406. The van der Waals surface area contributed by atoms with Crippen molar-refractivity contribution in [2.24, 2.45) is 0 Å². The first-order valence-electron chi connectivity index (χ1n) is 5.04. The van der Waals surface area contributed by atoms with Gasteiger partial charge < -0.3 is 10.4 Å². The lowest BCUT2D eigenvalue weighted by Crippen LogP contribution is -2.39. The van der Waals surface area contributed by atoms with Crippen LogP contribution in [-0.2, 0) is 0 Å². The van der Waals surface area contributed by atoms with Gasteiger partial charge in [-0.3, -0.25) is 0 Å². The second kappa shape index (κ2) is 5.46. The molecule has 1 unspecified atom stereocenters. The predicted molar refractivity (Wildman–Crippen MR) is 54.9 cm³/mol. The second-order valence-electron chi connectivity index (χ2n) is 3.74. The molecule has 1 aromatic rings. The van der Waals surface area contributed by atoms with Gasteiger partial charge in [0.15, 0.2) is 6.10 Å². The van der Waals surface area contributed by atoms with Gasteiger partial charge >= 0.3 is 6.18 Å². The van der Waals surface area contributed by atoms with Crippen LogP contribution in [0.15, 0.2) is 24.3 Å². The largest absolute Gasteiger partial charge is 0.415 e. The van der Waals surface area contributed by atoms with Crippen LogP contribution in [0.2, 0.25) is 0 Å². The van der Waals surface area contributed by atoms with Gasteiger partial charge in [-0.05, 0) is 24.6 Å². The maximum atomic E-state index is 12.6. The van der Waals surface area contributed by atoms with Gasteiger partial charge in [0, 0.05) is 12.6 Å². The van der Waals surface area contributed by atoms with Crippen molar-refractivity contribution in [2.75, 3.05) is 6.54 Å². The number of alkyl halides is 3. The summed E-state index contributed by atoms with van der Waals surface area (Å²) >= 11 is 0. The average Bonchev–Trinajstić information content (AvgIpc) is 2.25. The minimum Gasteiger partial charge on any atom is -0.382 e. The van der Waals surface area contributed by atoms with Crippen molar-refractivity contribution >= 4 is 0 Å². The molecule has 0 bridgehead atoms. The van der Waals surface area contributed by atoms with Crippen molar-refractivity contribution in [3.05, 3.63) is 35.6 Å². The zero-order chi connectivity index (χ0) is 13.1. The van der Waals surface area contributed by atoms with Crippen molar-refractivity contribution in [1.82, 2.24) is 5.32 Å². The third-order valence-electron chi connectivity index (χ3n) is 2.37. The molecule has 0 aliphatic heterocycles. The van der Waals surface area contributed by atoms with E-state index in [2.05, 4.69) is 5.32 Å². The van der Waals surface area contributed by atoms with Crippen LogP contribution in [0.5, 0.6) is 0 Å². The SMILES string of the molecule is C[C@H](NCC(O)C(F)(F)F)c1ccc(F)cc1. The Balaban J connectivity index is 2.50. The fraction of sp³-hybridized carbons (Fsp3) is 0.455. The lowest BCUT2D eigenvalue weighted by atomic mass is 10.1. The fourth-order valence-electron chi connectivity index (χ4n) is 1.27. The molecule has 2 atom stereocenters. The highest BCUT2D eigenvalue weighted by molar-refractivity contribution is 5.19. The molecule has 17 heavy (non-hydrogen) atoms. The molecule has 0 spiro atoms. The predicted octanol–water partition coefficient (Wildman–Crippen LogP) is 2.40. The van der Waals surface area contributed by atoms with Crippen molar-refractivity contribution < 1.29 is 22.7 Å². The molecule has 1 aromatic carbocycles. The number of nitrogens with one attached hydrogen (secondary N) is 1. The van der Waals surface area contributed by atoms with Crippen molar-refractivity contribution in [3.63, 3.8) is 0 Å². The quantitative estimate of drug-likeness (QED) is 0.805. The lowest BCUT2D eigenvalue weighted by Gasteiger charge is -2.19. The van der Waals surface area contributed by atoms with Gasteiger partial charge in [0.25, 0.3) is 0 Å². The number of halogens is 4. The van der Waals surface area contributed by atoms with Crippen molar-refractivity contribution in [1.29, 1.82) is 0 Å². The molecule has 0 fully saturated rings. The Kier molecular flexibility index (Phi) is 4.47. The van der Waals surface area contributed by atoms with Crippen molar-refractivity contribution in [2.45, 2.75) is 25.2 Å². The zero-order valence-corrected chi connectivity index (χ0v) is 9.13. The van der Waals surface area contributed by atoms with E-state index in [-0.39, 0.29) is 0 Å². The van der Waals surface area contributed by atoms with Gasteiger partial charge in [0.05, 0.1) is 0 Å². The number of aliphatic hydroxyl groups is 1. The molecule has 0 radical (unpaired) electrons. The Morgan fingerprint density at radius 2 is 1.76 bits per heavy atom. The van der Waals surface area contributed by atoms with Gasteiger partial charge in [-0.25, -0.2) is 4.39 Å². The van der Waals surface area contributed by atoms with Crippen LogP contribution in [0.25, 0.3) is 0 Å².